The summed E-state index contributed by atoms with van der Waals surface area (Å²) in [5.41, 5.74) is 2.29. The molecule has 0 N–H and O–H groups in total. The highest BCUT2D eigenvalue weighted by molar-refractivity contribution is 5.46. The van der Waals surface area contributed by atoms with Gasteiger partial charge in [-0.25, -0.2) is 0 Å². The lowest BCUT2D eigenvalue weighted by molar-refractivity contribution is 0.363. The lowest BCUT2D eigenvalue weighted by Crippen LogP contribution is -1.92. The summed E-state index contributed by atoms with van der Waals surface area (Å²) in [6.07, 6.45) is 7.28. The normalized spacial score (nSPS) is 10.8. The summed E-state index contributed by atoms with van der Waals surface area (Å²) in [7, 11) is 0. The molecule has 0 amide bonds. The number of furan rings is 1. The fourth-order valence-electron chi connectivity index (χ4n) is 1.33. The minimum absolute atomic E-state index is 0.564. The van der Waals surface area contributed by atoms with Crippen molar-refractivity contribution in [3.8, 4) is 5.75 Å². The molecule has 0 radical (unpaired) electrons. The molecule has 0 atom stereocenters. The topological polar surface area (TPSA) is 22.4 Å². The molecule has 2 rings (SSSR count). The van der Waals surface area contributed by atoms with Gasteiger partial charge in [0, 0.05) is 5.56 Å². The van der Waals surface area contributed by atoms with Crippen molar-refractivity contribution >= 4 is 6.08 Å². The van der Waals surface area contributed by atoms with E-state index in [0.717, 1.165) is 11.3 Å². The van der Waals surface area contributed by atoms with Gasteiger partial charge in [-0.1, -0.05) is 23.8 Å². The molecule has 2 heteroatoms. The smallest absolute Gasteiger partial charge is 0.119 e. The van der Waals surface area contributed by atoms with E-state index in [4.69, 9.17) is 9.15 Å². The maximum atomic E-state index is 5.54. The quantitative estimate of drug-likeness (QED) is 0.774. The summed E-state index contributed by atoms with van der Waals surface area (Å²) in [4.78, 5) is 0. The molecular formula is C14H14O2. The van der Waals surface area contributed by atoms with Gasteiger partial charge in [-0.2, -0.15) is 0 Å². The summed E-state index contributed by atoms with van der Waals surface area (Å²) in [6.45, 7) is 2.62. The van der Waals surface area contributed by atoms with Crippen LogP contribution in [0.2, 0.25) is 0 Å². The van der Waals surface area contributed by atoms with Gasteiger partial charge in [0.05, 0.1) is 12.5 Å². The number of aryl methyl sites for hydroxylation is 1. The van der Waals surface area contributed by atoms with Gasteiger partial charge in [-0.3, -0.25) is 0 Å². The van der Waals surface area contributed by atoms with E-state index in [9.17, 15) is 0 Å². The molecule has 2 nitrogen and oxygen atoms in total. The van der Waals surface area contributed by atoms with Crippen LogP contribution in [-0.2, 0) is 0 Å². The van der Waals surface area contributed by atoms with E-state index in [1.807, 2.05) is 42.5 Å². The molecule has 1 aromatic carbocycles. The second kappa shape index (κ2) is 5.21. The number of rotatable bonds is 4. The Kier molecular flexibility index (Phi) is 3.44. The average molecular weight is 214 g/mol. The molecule has 1 aromatic heterocycles. The third-order valence-electron chi connectivity index (χ3n) is 2.22. The minimum atomic E-state index is 0.564. The Morgan fingerprint density at radius 1 is 1.19 bits per heavy atom. The van der Waals surface area contributed by atoms with Crippen LogP contribution in [-0.4, -0.2) is 6.61 Å². The molecule has 0 aliphatic heterocycles. The van der Waals surface area contributed by atoms with E-state index < -0.39 is 0 Å². The fourth-order valence-corrected chi connectivity index (χ4v) is 1.33. The van der Waals surface area contributed by atoms with Gasteiger partial charge in [-0.15, -0.1) is 0 Å². The standard InChI is InChI=1S/C14H14O2/c1-12-4-6-14(7-5-12)16-9-2-3-13-8-10-15-11-13/h2-8,10-11H,9H2,1H3/b3-2+. The van der Waals surface area contributed by atoms with Gasteiger partial charge < -0.3 is 9.15 Å². The largest absolute Gasteiger partial charge is 0.490 e. The van der Waals surface area contributed by atoms with Crippen LogP contribution in [0.4, 0.5) is 0 Å². The molecule has 0 bridgehead atoms. The number of hydrogen-bond donors (Lipinski definition) is 0. The molecule has 0 fully saturated rings. The van der Waals surface area contributed by atoms with E-state index >= 15 is 0 Å². The highest BCUT2D eigenvalue weighted by Gasteiger charge is 1.90. The predicted octanol–water partition coefficient (Wildman–Crippen LogP) is 3.68. The van der Waals surface area contributed by atoms with Gasteiger partial charge in [-0.05, 0) is 31.2 Å². The van der Waals surface area contributed by atoms with Crippen molar-refractivity contribution in [1.82, 2.24) is 0 Å². The van der Waals surface area contributed by atoms with Crippen LogP contribution in [0.5, 0.6) is 5.75 Å². The van der Waals surface area contributed by atoms with Gasteiger partial charge in [0.15, 0.2) is 0 Å². The van der Waals surface area contributed by atoms with E-state index in [1.165, 1.54) is 5.56 Å². The summed E-state index contributed by atoms with van der Waals surface area (Å²) in [5.74, 6) is 0.891. The SMILES string of the molecule is Cc1ccc(OC/C=C/c2ccoc2)cc1. The van der Waals surface area contributed by atoms with Crippen LogP contribution >= 0.6 is 0 Å². The van der Waals surface area contributed by atoms with E-state index in [0.29, 0.717) is 6.61 Å². The molecular weight excluding hydrogens is 200 g/mol. The average Bonchev–Trinajstić information content (AvgIpc) is 2.80. The molecule has 0 saturated heterocycles. The summed E-state index contributed by atoms with van der Waals surface area (Å²) in [5, 5.41) is 0. The van der Waals surface area contributed by atoms with Crippen molar-refractivity contribution in [1.29, 1.82) is 0 Å². The van der Waals surface area contributed by atoms with Gasteiger partial charge >= 0.3 is 0 Å². The first kappa shape index (κ1) is 10.6. The molecule has 16 heavy (non-hydrogen) atoms. The van der Waals surface area contributed by atoms with Crippen molar-refractivity contribution in [2.45, 2.75) is 6.92 Å². The van der Waals surface area contributed by atoms with E-state index in [-0.39, 0.29) is 0 Å². The summed E-state index contributed by atoms with van der Waals surface area (Å²) >= 11 is 0. The van der Waals surface area contributed by atoms with Crippen LogP contribution in [0, 0.1) is 6.92 Å². The number of benzene rings is 1. The third kappa shape index (κ3) is 3.02. The first-order valence-corrected chi connectivity index (χ1v) is 5.23. The van der Waals surface area contributed by atoms with Crippen molar-refractivity contribution in [3.05, 3.63) is 60.1 Å². The van der Waals surface area contributed by atoms with Crippen molar-refractivity contribution < 1.29 is 9.15 Å². The van der Waals surface area contributed by atoms with Crippen LogP contribution in [0.1, 0.15) is 11.1 Å². The Balaban J connectivity index is 1.82. The van der Waals surface area contributed by atoms with E-state index in [1.54, 1.807) is 12.5 Å². The zero-order chi connectivity index (χ0) is 11.2. The molecule has 0 spiro atoms. The molecule has 0 unspecified atom stereocenters. The second-order valence-electron chi connectivity index (χ2n) is 3.58. The van der Waals surface area contributed by atoms with Gasteiger partial charge in [0.2, 0.25) is 0 Å². The molecule has 2 aromatic rings. The number of hydrogen-bond acceptors (Lipinski definition) is 2. The van der Waals surface area contributed by atoms with Crippen molar-refractivity contribution in [2.75, 3.05) is 6.61 Å². The van der Waals surface area contributed by atoms with Crippen LogP contribution in [0.3, 0.4) is 0 Å². The van der Waals surface area contributed by atoms with Crippen LogP contribution in [0.15, 0.2) is 53.4 Å². The molecule has 0 aliphatic rings. The Bertz CT molecular complexity index is 438. The zero-order valence-electron chi connectivity index (χ0n) is 9.22. The van der Waals surface area contributed by atoms with Gasteiger partial charge in [0.1, 0.15) is 12.4 Å². The van der Waals surface area contributed by atoms with Crippen LogP contribution in [0.25, 0.3) is 6.08 Å². The lowest BCUT2D eigenvalue weighted by atomic mass is 10.2. The zero-order valence-corrected chi connectivity index (χ0v) is 9.22. The first-order valence-electron chi connectivity index (χ1n) is 5.23. The Morgan fingerprint density at radius 3 is 2.69 bits per heavy atom. The van der Waals surface area contributed by atoms with Crippen molar-refractivity contribution in [3.63, 3.8) is 0 Å². The molecule has 1 heterocycles. The lowest BCUT2D eigenvalue weighted by Gasteiger charge is -2.02. The summed E-state index contributed by atoms with van der Waals surface area (Å²) < 4.78 is 10.5. The molecule has 82 valence electrons. The molecule has 0 saturated carbocycles. The van der Waals surface area contributed by atoms with E-state index in [2.05, 4.69) is 6.92 Å². The Hall–Kier alpha value is -1.96. The van der Waals surface area contributed by atoms with Crippen molar-refractivity contribution in [2.24, 2.45) is 0 Å². The minimum Gasteiger partial charge on any atom is -0.490 e. The Labute approximate surface area is 95.2 Å². The second-order valence-corrected chi connectivity index (χ2v) is 3.58. The predicted molar refractivity (Wildman–Crippen MR) is 64.4 cm³/mol. The maximum absolute atomic E-state index is 5.54. The fraction of sp³-hybridized carbons (Fsp3) is 0.143. The Morgan fingerprint density at radius 2 is 2.00 bits per heavy atom. The highest BCUT2D eigenvalue weighted by Crippen LogP contribution is 2.11. The maximum Gasteiger partial charge on any atom is 0.119 e. The van der Waals surface area contributed by atoms with Gasteiger partial charge in [0.25, 0.3) is 0 Å². The van der Waals surface area contributed by atoms with Crippen LogP contribution < -0.4 is 4.74 Å². The summed E-state index contributed by atoms with van der Waals surface area (Å²) in [6, 6.07) is 9.93. The number of ether oxygens (including phenoxy) is 1. The highest BCUT2D eigenvalue weighted by atomic mass is 16.5. The monoisotopic (exact) mass is 214 g/mol. The third-order valence-corrected chi connectivity index (χ3v) is 2.22. The molecule has 0 aliphatic carbocycles. The first-order chi connectivity index (χ1) is 7.84.